The summed E-state index contributed by atoms with van der Waals surface area (Å²) in [5.74, 6) is 4.14. The van der Waals surface area contributed by atoms with Crippen molar-refractivity contribution in [1.82, 2.24) is 4.90 Å². The Hall–Kier alpha value is -2.02. The van der Waals surface area contributed by atoms with E-state index >= 15 is 0 Å². The smallest absolute Gasteiger partial charge is 0.324 e. The van der Waals surface area contributed by atoms with Crippen molar-refractivity contribution in [1.29, 1.82) is 0 Å². The summed E-state index contributed by atoms with van der Waals surface area (Å²) in [6, 6.07) is 7.03. The molecule has 1 saturated heterocycles. The second kappa shape index (κ2) is 9.00. The molecule has 0 amide bonds. The Bertz CT molecular complexity index is 908. The minimum atomic E-state index is -0.430. The van der Waals surface area contributed by atoms with Gasteiger partial charge in [-0.2, -0.15) is 10.2 Å². The highest BCUT2D eigenvalue weighted by molar-refractivity contribution is 8.14. The zero-order valence-electron chi connectivity index (χ0n) is 16.7. The second-order valence-electron chi connectivity index (χ2n) is 7.54. The molecule has 2 unspecified atom stereocenters. The number of rotatable bonds is 8. The molecule has 7 nitrogen and oxygen atoms in total. The third-order valence-corrected chi connectivity index (χ3v) is 8.13. The fraction of sp³-hybridized carbons (Fsp3) is 0.524. The van der Waals surface area contributed by atoms with Crippen LogP contribution in [-0.2, 0) is 9.53 Å². The molecule has 9 heteroatoms. The minimum Gasteiger partial charge on any atom is -0.507 e. The molecule has 3 atom stereocenters. The third-order valence-electron chi connectivity index (χ3n) is 5.53. The van der Waals surface area contributed by atoms with E-state index in [0.29, 0.717) is 31.6 Å². The molecule has 0 saturated carbocycles. The number of carbonyl (C=O) groups is 1. The van der Waals surface area contributed by atoms with Crippen molar-refractivity contribution in [2.75, 3.05) is 25.2 Å². The van der Waals surface area contributed by atoms with Crippen molar-refractivity contribution in [3.8, 4) is 18.1 Å². The Kier molecular flexibility index (Phi) is 6.37. The number of thioether (sulfide) groups is 2. The van der Waals surface area contributed by atoms with Crippen LogP contribution in [0.25, 0.3) is 0 Å². The highest BCUT2D eigenvalue weighted by Gasteiger charge is 2.43. The molecular formula is C21H24N4O3S2. The van der Waals surface area contributed by atoms with Crippen LogP contribution in [0.2, 0.25) is 0 Å². The summed E-state index contributed by atoms with van der Waals surface area (Å²) in [5.41, 5.74) is 0.335. The van der Waals surface area contributed by atoms with Gasteiger partial charge in [-0.1, -0.05) is 12.1 Å². The second-order valence-corrected chi connectivity index (χ2v) is 9.70. The number of para-hydroxylation sites is 1. The van der Waals surface area contributed by atoms with Crippen LogP contribution in [0.4, 0.5) is 0 Å². The van der Waals surface area contributed by atoms with E-state index in [0.717, 1.165) is 16.4 Å². The van der Waals surface area contributed by atoms with Crippen molar-refractivity contribution in [2.45, 2.75) is 42.4 Å². The van der Waals surface area contributed by atoms with Gasteiger partial charge in [0.05, 0.1) is 18.0 Å². The van der Waals surface area contributed by atoms with Gasteiger partial charge in [0.1, 0.15) is 16.8 Å². The number of nitrogens with zero attached hydrogens (tertiary/aromatic N) is 4. The van der Waals surface area contributed by atoms with E-state index in [9.17, 15) is 9.90 Å². The van der Waals surface area contributed by atoms with E-state index in [1.165, 1.54) is 0 Å². The fourth-order valence-corrected chi connectivity index (χ4v) is 6.39. The fourth-order valence-electron chi connectivity index (χ4n) is 3.64. The van der Waals surface area contributed by atoms with Crippen LogP contribution in [0.5, 0.6) is 5.75 Å². The van der Waals surface area contributed by atoms with E-state index in [2.05, 4.69) is 21.0 Å². The van der Waals surface area contributed by atoms with Crippen LogP contribution in [0.1, 0.15) is 24.8 Å². The van der Waals surface area contributed by atoms with Crippen LogP contribution in [0, 0.1) is 12.3 Å². The molecule has 30 heavy (non-hydrogen) atoms. The average molecular weight is 445 g/mol. The van der Waals surface area contributed by atoms with Crippen molar-refractivity contribution >= 4 is 34.5 Å². The SMILES string of the molecule is C#CCCC1(CCOC(=O)[C@H]2CSC(C3CSC(c4ccccc4O)=N3)N2C)N=N1. The molecule has 1 aromatic carbocycles. The maximum absolute atomic E-state index is 12.6. The lowest BCUT2D eigenvalue weighted by Gasteiger charge is -2.26. The van der Waals surface area contributed by atoms with Gasteiger partial charge in [0.2, 0.25) is 0 Å². The number of aromatic hydroxyl groups is 1. The Morgan fingerprint density at radius 1 is 1.37 bits per heavy atom. The molecule has 1 N–H and O–H groups in total. The van der Waals surface area contributed by atoms with E-state index in [1.807, 2.05) is 19.2 Å². The van der Waals surface area contributed by atoms with Gasteiger partial charge in [-0.15, -0.1) is 35.9 Å². The molecule has 0 aromatic heterocycles. The number of terminal acetylenes is 1. The maximum Gasteiger partial charge on any atom is 0.324 e. The lowest BCUT2D eigenvalue weighted by Crippen LogP contribution is -2.43. The molecule has 0 spiro atoms. The zero-order valence-corrected chi connectivity index (χ0v) is 18.4. The largest absolute Gasteiger partial charge is 0.507 e. The van der Waals surface area contributed by atoms with Gasteiger partial charge < -0.3 is 9.84 Å². The number of phenolic OH excluding ortho intramolecular Hbond substituents is 1. The number of aliphatic imine (C=N–C) groups is 1. The summed E-state index contributed by atoms with van der Waals surface area (Å²) < 4.78 is 5.53. The topological polar surface area (TPSA) is 86.9 Å². The summed E-state index contributed by atoms with van der Waals surface area (Å²) in [6.07, 6.45) is 7.21. The van der Waals surface area contributed by atoms with Gasteiger partial charge in [-0.25, -0.2) is 0 Å². The summed E-state index contributed by atoms with van der Waals surface area (Å²) in [6.45, 7) is 0.297. The van der Waals surface area contributed by atoms with E-state index in [1.54, 1.807) is 35.7 Å². The van der Waals surface area contributed by atoms with Gasteiger partial charge in [0, 0.05) is 36.3 Å². The Balaban J connectivity index is 1.30. The predicted molar refractivity (Wildman–Crippen MR) is 120 cm³/mol. The third kappa shape index (κ3) is 4.51. The lowest BCUT2D eigenvalue weighted by atomic mass is 10.1. The van der Waals surface area contributed by atoms with Crippen molar-refractivity contribution in [2.24, 2.45) is 15.2 Å². The minimum absolute atomic E-state index is 0.0634. The molecule has 0 bridgehead atoms. The summed E-state index contributed by atoms with van der Waals surface area (Å²) in [5, 5.41) is 19.2. The standard InChI is InChI=1S/C21H24N4O3S2/c1-3-4-9-21(23-24-21)10-11-28-20(27)16-13-30-19(25(16)2)15-12-29-18(22-15)14-7-5-6-8-17(14)26/h1,5-8,15-16,19,26H,4,9-13H2,2H3/t15?,16-,19?/m1/s1. The van der Waals surface area contributed by atoms with E-state index in [4.69, 9.17) is 16.2 Å². The summed E-state index contributed by atoms with van der Waals surface area (Å²) in [4.78, 5) is 19.5. The molecule has 4 rings (SSSR count). The number of carbonyl (C=O) groups excluding carboxylic acids is 1. The molecule has 3 aliphatic heterocycles. The van der Waals surface area contributed by atoms with E-state index < -0.39 is 5.66 Å². The first-order valence-electron chi connectivity index (χ1n) is 9.90. The molecule has 0 aliphatic carbocycles. The molecule has 1 fully saturated rings. The highest BCUT2D eigenvalue weighted by Crippen LogP contribution is 2.39. The number of hydrogen-bond acceptors (Lipinski definition) is 9. The molecule has 3 heterocycles. The maximum atomic E-state index is 12.6. The van der Waals surface area contributed by atoms with Crippen LogP contribution >= 0.6 is 23.5 Å². The normalized spacial score (nSPS) is 26.9. The van der Waals surface area contributed by atoms with Crippen molar-refractivity contribution in [3.05, 3.63) is 29.8 Å². The molecule has 158 valence electrons. The predicted octanol–water partition coefficient (Wildman–Crippen LogP) is 3.14. The lowest BCUT2D eigenvalue weighted by molar-refractivity contribution is -0.148. The molecule has 3 aliphatic rings. The van der Waals surface area contributed by atoms with Crippen LogP contribution in [-0.4, -0.2) is 69.3 Å². The first-order chi connectivity index (χ1) is 14.5. The Morgan fingerprint density at radius 2 is 2.17 bits per heavy atom. The number of hydrogen-bond donors (Lipinski definition) is 1. The van der Waals surface area contributed by atoms with Gasteiger partial charge in [0.15, 0.2) is 5.66 Å². The molecule has 1 aromatic rings. The number of likely N-dealkylation sites (N-methyl/N-ethyl adjacent to an activating group) is 1. The van der Waals surface area contributed by atoms with Gasteiger partial charge in [-0.05, 0) is 19.2 Å². The molecule has 0 radical (unpaired) electrons. The molecular weight excluding hydrogens is 420 g/mol. The van der Waals surface area contributed by atoms with Crippen molar-refractivity contribution in [3.63, 3.8) is 0 Å². The Morgan fingerprint density at radius 3 is 2.90 bits per heavy atom. The van der Waals surface area contributed by atoms with Crippen LogP contribution in [0.3, 0.4) is 0 Å². The number of esters is 1. The van der Waals surface area contributed by atoms with Crippen LogP contribution < -0.4 is 0 Å². The first-order valence-corrected chi connectivity index (χ1v) is 11.9. The van der Waals surface area contributed by atoms with E-state index in [-0.39, 0.29) is 29.2 Å². The zero-order chi connectivity index (χ0) is 21.1. The van der Waals surface area contributed by atoms with Gasteiger partial charge >= 0.3 is 5.97 Å². The number of phenols is 1. The first kappa shape index (κ1) is 21.2. The highest BCUT2D eigenvalue weighted by atomic mass is 32.2. The van der Waals surface area contributed by atoms with Crippen LogP contribution in [0.15, 0.2) is 39.5 Å². The average Bonchev–Trinajstić information content (AvgIpc) is 3.15. The van der Waals surface area contributed by atoms with Gasteiger partial charge in [0.25, 0.3) is 0 Å². The Labute approximate surface area is 184 Å². The van der Waals surface area contributed by atoms with Gasteiger partial charge in [-0.3, -0.25) is 14.7 Å². The summed E-state index contributed by atoms with van der Waals surface area (Å²) >= 11 is 3.38. The summed E-state index contributed by atoms with van der Waals surface area (Å²) in [7, 11) is 1.95. The quantitative estimate of drug-likeness (QED) is 0.490. The number of ether oxygens (including phenoxy) is 1. The monoisotopic (exact) mass is 444 g/mol. The van der Waals surface area contributed by atoms with Crippen molar-refractivity contribution < 1.29 is 14.6 Å². The number of benzene rings is 1.